The largest absolute Gasteiger partial charge is 0.464 e. The number of hydrogen-bond donors (Lipinski definition) is 1. The standard InChI is InChI=1S/C17H19N3O/c1-2-4-16-15(3-1)14(12-21-16)10-18-9-13-5-6-17-19-7-8-20(17)11-13/h1-4,7-8,12-13,18H,5-6,9-11H2/t13-/m1/s1. The maximum absolute atomic E-state index is 5.58. The van der Waals surface area contributed by atoms with Crippen LogP contribution in [0.3, 0.4) is 0 Å². The number of hydrogen-bond acceptors (Lipinski definition) is 3. The van der Waals surface area contributed by atoms with Crippen LogP contribution in [0.2, 0.25) is 0 Å². The average Bonchev–Trinajstić information content (AvgIpc) is 3.14. The number of benzene rings is 1. The number of imidazole rings is 1. The molecule has 0 fully saturated rings. The smallest absolute Gasteiger partial charge is 0.134 e. The molecule has 4 nitrogen and oxygen atoms in total. The lowest BCUT2D eigenvalue weighted by Gasteiger charge is -2.23. The van der Waals surface area contributed by atoms with Gasteiger partial charge in [0.2, 0.25) is 0 Å². The number of nitrogens with one attached hydrogen (secondary N) is 1. The summed E-state index contributed by atoms with van der Waals surface area (Å²) in [7, 11) is 0. The van der Waals surface area contributed by atoms with Crippen molar-refractivity contribution in [2.45, 2.75) is 25.9 Å². The van der Waals surface area contributed by atoms with Crippen LogP contribution in [0.5, 0.6) is 0 Å². The van der Waals surface area contributed by atoms with Crippen molar-refractivity contribution in [3.05, 3.63) is 54.3 Å². The van der Waals surface area contributed by atoms with Gasteiger partial charge in [0.15, 0.2) is 0 Å². The Morgan fingerprint density at radius 1 is 1.33 bits per heavy atom. The minimum Gasteiger partial charge on any atom is -0.464 e. The van der Waals surface area contributed by atoms with Crippen LogP contribution in [0.1, 0.15) is 17.8 Å². The molecule has 1 aliphatic heterocycles. The number of furan rings is 1. The maximum Gasteiger partial charge on any atom is 0.134 e. The molecular formula is C17H19N3O. The molecule has 4 rings (SSSR count). The first-order chi connectivity index (χ1) is 10.4. The predicted octanol–water partition coefficient (Wildman–Crippen LogP) is 2.98. The molecule has 3 aromatic rings. The zero-order valence-electron chi connectivity index (χ0n) is 12.0. The van der Waals surface area contributed by atoms with Gasteiger partial charge in [0, 0.05) is 42.9 Å². The van der Waals surface area contributed by atoms with Gasteiger partial charge in [-0.1, -0.05) is 18.2 Å². The van der Waals surface area contributed by atoms with E-state index >= 15 is 0 Å². The lowest BCUT2D eigenvalue weighted by Crippen LogP contribution is -2.29. The number of nitrogens with zero attached hydrogens (tertiary/aromatic N) is 2. The van der Waals surface area contributed by atoms with Crippen LogP contribution in [0, 0.1) is 5.92 Å². The van der Waals surface area contributed by atoms with E-state index in [0.29, 0.717) is 5.92 Å². The molecule has 0 saturated carbocycles. The molecule has 3 heterocycles. The zero-order valence-corrected chi connectivity index (χ0v) is 12.0. The monoisotopic (exact) mass is 281 g/mol. The van der Waals surface area contributed by atoms with E-state index in [1.807, 2.05) is 24.6 Å². The first kappa shape index (κ1) is 12.7. The Morgan fingerprint density at radius 2 is 2.29 bits per heavy atom. The molecular weight excluding hydrogens is 262 g/mol. The van der Waals surface area contributed by atoms with Gasteiger partial charge in [-0.15, -0.1) is 0 Å². The van der Waals surface area contributed by atoms with Gasteiger partial charge >= 0.3 is 0 Å². The first-order valence-corrected chi connectivity index (χ1v) is 7.56. The third-order valence-corrected chi connectivity index (χ3v) is 4.34. The van der Waals surface area contributed by atoms with E-state index < -0.39 is 0 Å². The minimum absolute atomic E-state index is 0.685. The van der Waals surface area contributed by atoms with E-state index in [4.69, 9.17) is 4.42 Å². The Balaban J connectivity index is 1.36. The Morgan fingerprint density at radius 3 is 3.29 bits per heavy atom. The van der Waals surface area contributed by atoms with Gasteiger partial charge in [0.1, 0.15) is 11.4 Å². The summed E-state index contributed by atoms with van der Waals surface area (Å²) in [6.45, 7) is 2.98. The minimum atomic E-state index is 0.685. The summed E-state index contributed by atoms with van der Waals surface area (Å²) in [5, 5.41) is 4.79. The number of rotatable bonds is 4. The molecule has 2 aromatic heterocycles. The van der Waals surface area contributed by atoms with Gasteiger partial charge in [0.25, 0.3) is 0 Å². The lowest BCUT2D eigenvalue weighted by atomic mass is 9.99. The summed E-state index contributed by atoms with van der Waals surface area (Å²) in [5.74, 6) is 1.91. The van der Waals surface area contributed by atoms with E-state index in [0.717, 1.165) is 31.6 Å². The molecule has 0 saturated heterocycles. The second-order valence-electron chi connectivity index (χ2n) is 5.79. The van der Waals surface area contributed by atoms with Gasteiger partial charge in [-0.25, -0.2) is 4.98 Å². The summed E-state index contributed by atoms with van der Waals surface area (Å²) >= 11 is 0. The highest BCUT2D eigenvalue weighted by atomic mass is 16.3. The number of aryl methyl sites for hydroxylation is 1. The summed E-state index contributed by atoms with van der Waals surface area (Å²) < 4.78 is 7.86. The highest BCUT2D eigenvalue weighted by Crippen LogP contribution is 2.21. The average molecular weight is 281 g/mol. The molecule has 0 amide bonds. The van der Waals surface area contributed by atoms with Gasteiger partial charge in [0.05, 0.1) is 6.26 Å². The molecule has 0 unspecified atom stereocenters. The van der Waals surface area contributed by atoms with Gasteiger partial charge < -0.3 is 14.3 Å². The van der Waals surface area contributed by atoms with Crippen molar-refractivity contribution in [3.63, 3.8) is 0 Å². The van der Waals surface area contributed by atoms with Crippen molar-refractivity contribution >= 4 is 11.0 Å². The third kappa shape index (κ3) is 2.47. The van der Waals surface area contributed by atoms with Crippen LogP contribution in [0.25, 0.3) is 11.0 Å². The molecule has 0 aliphatic carbocycles. The number of aromatic nitrogens is 2. The third-order valence-electron chi connectivity index (χ3n) is 4.34. The van der Waals surface area contributed by atoms with Gasteiger partial charge in [-0.3, -0.25) is 0 Å². The fourth-order valence-corrected chi connectivity index (χ4v) is 3.18. The van der Waals surface area contributed by atoms with Crippen molar-refractivity contribution in [2.24, 2.45) is 5.92 Å². The second kappa shape index (κ2) is 5.37. The highest BCUT2D eigenvalue weighted by molar-refractivity contribution is 5.80. The normalized spacial score (nSPS) is 18.0. The van der Waals surface area contributed by atoms with Gasteiger partial charge in [-0.05, 0) is 24.9 Å². The molecule has 21 heavy (non-hydrogen) atoms. The fourth-order valence-electron chi connectivity index (χ4n) is 3.18. The molecule has 4 heteroatoms. The van der Waals surface area contributed by atoms with Crippen LogP contribution in [0.15, 0.2) is 47.3 Å². The molecule has 0 spiro atoms. The van der Waals surface area contributed by atoms with Crippen LogP contribution < -0.4 is 5.32 Å². The van der Waals surface area contributed by atoms with Crippen molar-refractivity contribution in [3.8, 4) is 0 Å². The second-order valence-corrected chi connectivity index (χ2v) is 5.79. The lowest BCUT2D eigenvalue weighted by molar-refractivity contribution is 0.347. The van der Waals surface area contributed by atoms with Crippen LogP contribution in [-0.4, -0.2) is 16.1 Å². The number of fused-ring (bicyclic) bond motifs is 2. The maximum atomic E-state index is 5.58. The molecule has 1 N–H and O–H groups in total. The molecule has 0 radical (unpaired) electrons. The van der Waals surface area contributed by atoms with E-state index in [1.54, 1.807) is 0 Å². The van der Waals surface area contributed by atoms with E-state index in [9.17, 15) is 0 Å². The first-order valence-electron chi connectivity index (χ1n) is 7.56. The van der Waals surface area contributed by atoms with Crippen molar-refractivity contribution in [2.75, 3.05) is 6.54 Å². The van der Waals surface area contributed by atoms with E-state index in [2.05, 4.69) is 33.2 Å². The fraction of sp³-hybridized carbons (Fsp3) is 0.353. The van der Waals surface area contributed by atoms with E-state index in [1.165, 1.54) is 23.2 Å². The zero-order chi connectivity index (χ0) is 14.1. The Bertz CT molecular complexity index is 743. The molecule has 1 aliphatic rings. The molecule has 108 valence electrons. The number of para-hydroxylation sites is 1. The summed E-state index contributed by atoms with van der Waals surface area (Å²) in [6.07, 6.45) is 8.17. The Kier molecular flexibility index (Phi) is 3.24. The Hall–Kier alpha value is -2.07. The summed E-state index contributed by atoms with van der Waals surface area (Å²) in [5.41, 5.74) is 2.21. The summed E-state index contributed by atoms with van der Waals surface area (Å²) in [6, 6.07) is 8.20. The quantitative estimate of drug-likeness (QED) is 0.799. The van der Waals surface area contributed by atoms with Crippen LogP contribution in [0.4, 0.5) is 0 Å². The van der Waals surface area contributed by atoms with Crippen molar-refractivity contribution < 1.29 is 4.42 Å². The molecule has 0 bridgehead atoms. The topological polar surface area (TPSA) is 43.0 Å². The molecule has 1 aromatic carbocycles. The highest BCUT2D eigenvalue weighted by Gasteiger charge is 2.18. The van der Waals surface area contributed by atoms with E-state index in [-0.39, 0.29) is 0 Å². The summed E-state index contributed by atoms with van der Waals surface area (Å²) in [4.78, 5) is 4.38. The van der Waals surface area contributed by atoms with Crippen molar-refractivity contribution in [1.82, 2.24) is 14.9 Å². The predicted molar refractivity (Wildman–Crippen MR) is 82.0 cm³/mol. The Labute approximate surface area is 123 Å². The van der Waals surface area contributed by atoms with Crippen LogP contribution >= 0.6 is 0 Å². The van der Waals surface area contributed by atoms with Crippen molar-refractivity contribution in [1.29, 1.82) is 0 Å². The SMILES string of the molecule is c1ccc2c(CNC[C@H]3CCc4nccn4C3)coc2c1. The van der Waals surface area contributed by atoms with Gasteiger partial charge in [-0.2, -0.15) is 0 Å². The van der Waals surface area contributed by atoms with Crippen LogP contribution in [-0.2, 0) is 19.5 Å². The molecule has 1 atom stereocenters.